The Bertz CT molecular complexity index is 1010. The number of nitrogens with one attached hydrogen (secondary N) is 1. The molecule has 3 aromatic rings. The number of imidazole rings is 1. The Morgan fingerprint density at radius 3 is 2.89 bits per heavy atom. The van der Waals surface area contributed by atoms with Crippen molar-refractivity contribution in [3.8, 4) is 5.75 Å². The largest absolute Gasteiger partial charge is 0.508 e. The van der Waals surface area contributed by atoms with Gasteiger partial charge in [-0.05, 0) is 37.3 Å². The number of carbonyl (C=O) groups excluding carboxylic acids is 2. The smallest absolute Gasteiger partial charge is 0.271 e. The molecule has 8 heteroatoms. The molecule has 0 saturated carbocycles. The van der Waals surface area contributed by atoms with Crippen molar-refractivity contribution in [2.75, 3.05) is 6.54 Å². The molecule has 4 rings (SSSR count). The van der Waals surface area contributed by atoms with Gasteiger partial charge in [0.25, 0.3) is 11.8 Å². The second-order valence-corrected chi connectivity index (χ2v) is 6.66. The molecular weight excluding hydrogens is 360 g/mol. The van der Waals surface area contributed by atoms with Crippen molar-refractivity contribution >= 4 is 11.8 Å². The average Bonchev–Trinajstić information content (AvgIpc) is 3.36. The number of fused-ring (bicyclic) bond motifs is 1. The van der Waals surface area contributed by atoms with Crippen LogP contribution in [0.1, 0.15) is 45.4 Å². The summed E-state index contributed by atoms with van der Waals surface area (Å²) in [4.78, 5) is 31.4. The predicted molar refractivity (Wildman–Crippen MR) is 99.7 cm³/mol. The first-order valence-corrected chi connectivity index (χ1v) is 9.00. The van der Waals surface area contributed by atoms with Crippen molar-refractivity contribution in [3.63, 3.8) is 0 Å². The quantitative estimate of drug-likeness (QED) is 0.723. The minimum absolute atomic E-state index is 0.0486. The van der Waals surface area contributed by atoms with Crippen LogP contribution in [0.2, 0.25) is 0 Å². The van der Waals surface area contributed by atoms with Crippen LogP contribution in [-0.4, -0.2) is 37.9 Å². The van der Waals surface area contributed by atoms with E-state index in [1.54, 1.807) is 41.6 Å². The number of nitrogens with zero attached hydrogens (tertiary/aromatic N) is 3. The van der Waals surface area contributed by atoms with Crippen LogP contribution in [0, 0.1) is 0 Å². The van der Waals surface area contributed by atoms with E-state index in [1.165, 1.54) is 12.1 Å². The molecule has 2 amide bonds. The third kappa shape index (κ3) is 3.36. The first kappa shape index (κ1) is 17.8. The fraction of sp³-hybridized carbons (Fsp3) is 0.250. The van der Waals surface area contributed by atoms with Gasteiger partial charge in [-0.15, -0.1) is 0 Å². The van der Waals surface area contributed by atoms with E-state index in [4.69, 9.17) is 4.42 Å². The lowest BCUT2D eigenvalue weighted by molar-refractivity contribution is 0.0637. The highest BCUT2D eigenvalue weighted by atomic mass is 16.3. The number of aromatic nitrogens is 2. The third-order valence-electron chi connectivity index (χ3n) is 4.82. The molecule has 144 valence electrons. The normalized spacial score (nSPS) is 15.9. The van der Waals surface area contributed by atoms with Crippen molar-refractivity contribution in [3.05, 3.63) is 71.7 Å². The molecule has 0 fully saturated rings. The van der Waals surface area contributed by atoms with E-state index < -0.39 is 0 Å². The van der Waals surface area contributed by atoms with E-state index in [9.17, 15) is 14.7 Å². The zero-order valence-electron chi connectivity index (χ0n) is 15.3. The molecule has 3 heterocycles. The van der Waals surface area contributed by atoms with Crippen molar-refractivity contribution in [2.45, 2.75) is 26.1 Å². The van der Waals surface area contributed by atoms with Gasteiger partial charge in [-0.25, -0.2) is 4.98 Å². The number of hydrogen-bond donors (Lipinski definition) is 2. The fourth-order valence-electron chi connectivity index (χ4n) is 3.35. The molecule has 2 aromatic heterocycles. The zero-order chi connectivity index (χ0) is 19.7. The van der Waals surface area contributed by atoms with Crippen LogP contribution in [0.4, 0.5) is 0 Å². The number of phenols is 1. The SMILES string of the molecule is CC1c2nc(C(=O)NCc3ccco3)cn2CCN1C(=O)c1cccc(O)c1. The molecule has 0 spiro atoms. The topological polar surface area (TPSA) is 101 Å². The molecule has 0 aliphatic carbocycles. The van der Waals surface area contributed by atoms with Gasteiger partial charge in [-0.1, -0.05) is 6.07 Å². The second kappa shape index (κ2) is 7.22. The van der Waals surface area contributed by atoms with Gasteiger partial charge in [0.1, 0.15) is 23.0 Å². The number of rotatable bonds is 4. The first-order valence-electron chi connectivity index (χ1n) is 9.00. The highest BCUT2D eigenvalue weighted by Gasteiger charge is 2.31. The van der Waals surface area contributed by atoms with Crippen molar-refractivity contribution in [2.24, 2.45) is 0 Å². The summed E-state index contributed by atoms with van der Waals surface area (Å²) in [5, 5.41) is 12.4. The molecule has 1 aromatic carbocycles. The van der Waals surface area contributed by atoms with E-state index in [1.807, 2.05) is 11.5 Å². The van der Waals surface area contributed by atoms with Crippen LogP contribution < -0.4 is 5.32 Å². The van der Waals surface area contributed by atoms with Gasteiger partial charge < -0.3 is 24.3 Å². The third-order valence-corrected chi connectivity index (χ3v) is 4.82. The number of hydrogen-bond acceptors (Lipinski definition) is 5. The van der Waals surface area contributed by atoms with Crippen LogP contribution in [0.15, 0.2) is 53.3 Å². The summed E-state index contributed by atoms with van der Waals surface area (Å²) in [6.45, 7) is 3.20. The lowest BCUT2D eigenvalue weighted by Crippen LogP contribution is -2.41. The van der Waals surface area contributed by atoms with Crippen molar-refractivity contribution in [1.82, 2.24) is 19.8 Å². The molecule has 1 aliphatic rings. The summed E-state index contributed by atoms with van der Waals surface area (Å²) < 4.78 is 7.11. The zero-order valence-corrected chi connectivity index (χ0v) is 15.3. The minimum atomic E-state index is -0.296. The lowest BCUT2D eigenvalue weighted by atomic mass is 10.1. The van der Waals surface area contributed by atoms with Gasteiger partial charge in [0.2, 0.25) is 0 Å². The van der Waals surface area contributed by atoms with Crippen LogP contribution >= 0.6 is 0 Å². The number of amides is 2. The highest BCUT2D eigenvalue weighted by Crippen LogP contribution is 2.27. The van der Waals surface area contributed by atoms with Crippen LogP contribution in [0.3, 0.4) is 0 Å². The lowest BCUT2D eigenvalue weighted by Gasteiger charge is -2.33. The Hall–Kier alpha value is -3.55. The Balaban J connectivity index is 1.49. The Labute approximate surface area is 161 Å². The number of carbonyl (C=O) groups is 2. The van der Waals surface area contributed by atoms with Gasteiger partial charge in [0.05, 0.1) is 18.8 Å². The molecule has 2 N–H and O–H groups in total. The predicted octanol–water partition coefficient (Wildman–Crippen LogP) is 2.33. The van der Waals surface area contributed by atoms with E-state index >= 15 is 0 Å². The maximum absolute atomic E-state index is 12.8. The average molecular weight is 380 g/mol. The molecular formula is C20H20N4O4. The van der Waals surface area contributed by atoms with E-state index in [0.29, 0.717) is 35.9 Å². The molecule has 1 atom stereocenters. The molecule has 0 saturated heterocycles. The molecule has 8 nitrogen and oxygen atoms in total. The molecule has 0 bridgehead atoms. The van der Waals surface area contributed by atoms with Crippen LogP contribution in [-0.2, 0) is 13.1 Å². The monoisotopic (exact) mass is 380 g/mol. The highest BCUT2D eigenvalue weighted by molar-refractivity contribution is 5.95. The molecule has 1 aliphatic heterocycles. The maximum atomic E-state index is 12.8. The standard InChI is InChI=1S/C20H20N4O4/c1-13-18-22-17(19(26)21-11-16-6-3-9-28-16)12-23(18)7-8-24(13)20(27)14-4-2-5-15(25)10-14/h2-6,9-10,12-13,25H,7-8,11H2,1H3,(H,21,26). The van der Waals surface area contributed by atoms with Crippen molar-refractivity contribution < 1.29 is 19.1 Å². The summed E-state index contributed by atoms with van der Waals surface area (Å²) in [5.41, 5.74) is 0.725. The Morgan fingerprint density at radius 2 is 2.14 bits per heavy atom. The van der Waals surface area contributed by atoms with Crippen molar-refractivity contribution in [1.29, 1.82) is 0 Å². The first-order chi connectivity index (χ1) is 13.5. The van der Waals surface area contributed by atoms with E-state index in [2.05, 4.69) is 10.3 Å². The Morgan fingerprint density at radius 1 is 1.29 bits per heavy atom. The van der Waals surface area contributed by atoms with E-state index in [0.717, 1.165) is 0 Å². The summed E-state index contributed by atoms with van der Waals surface area (Å²) in [6, 6.07) is 9.53. The number of phenolic OH excluding ortho intramolecular Hbond substituents is 1. The van der Waals surface area contributed by atoms with Crippen LogP contribution in [0.25, 0.3) is 0 Å². The number of benzene rings is 1. The molecule has 0 radical (unpaired) electrons. The Kier molecular flexibility index (Phi) is 4.60. The summed E-state index contributed by atoms with van der Waals surface area (Å²) in [5.74, 6) is 0.891. The molecule has 1 unspecified atom stereocenters. The number of aromatic hydroxyl groups is 1. The summed E-state index contributed by atoms with van der Waals surface area (Å²) in [7, 11) is 0. The van der Waals surface area contributed by atoms with Gasteiger partial charge in [0, 0.05) is 24.8 Å². The summed E-state index contributed by atoms with van der Waals surface area (Å²) in [6.07, 6.45) is 3.26. The fourth-order valence-corrected chi connectivity index (χ4v) is 3.35. The van der Waals surface area contributed by atoms with Gasteiger partial charge in [-0.3, -0.25) is 9.59 Å². The van der Waals surface area contributed by atoms with Gasteiger partial charge in [-0.2, -0.15) is 0 Å². The van der Waals surface area contributed by atoms with Gasteiger partial charge >= 0.3 is 0 Å². The second-order valence-electron chi connectivity index (χ2n) is 6.66. The summed E-state index contributed by atoms with van der Waals surface area (Å²) >= 11 is 0. The number of furan rings is 1. The maximum Gasteiger partial charge on any atom is 0.271 e. The minimum Gasteiger partial charge on any atom is -0.508 e. The molecule has 28 heavy (non-hydrogen) atoms. The van der Waals surface area contributed by atoms with Gasteiger partial charge in [0.15, 0.2) is 0 Å². The van der Waals surface area contributed by atoms with Crippen LogP contribution in [0.5, 0.6) is 5.75 Å². The van der Waals surface area contributed by atoms with E-state index in [-0.39, 0.29) is 30.2 Å².